The van der Waals surface area contributed by atoms with E-state index in [2.05, 4.69) is 15.7 Å². The smallest absolute Gasteiger partial charge is 0.390 e. The second kappa shape index (κ2) is 9.16. The second-order valence-electron chi connectivity index (χ2n) is 7.62. The molecule has 0 saturated heterocycles. The number of nitrogens with one attached hydrogen (secondary N) is 2. The molecule has 0 aromatic carbocycles. The SMILES string of the molecule is CC(=O)C(C)(C)NN(C)CCNC(C)(C)C(=O)CCn1ccnc1[N+](=O)[O-]. The van der Waals surface area contributed by atoms with Gasteiger partial charge in [0.25, 0.3) is 0 Å². The molecule has 0 aliphatic heterocycles. The van der Waals surface area contributed by atoms with Gasteiger partial charge in [-0.25, -0.2) is 15.0 Å². The van der Waals surface area contributed by atoms with E-state index in [1.54, 1.807) is 13.8 Å². The highest BCUT2D eigenvalue weighted by Crippen LogP contribution is 2.12. The number of likely N-dealkylation sites (N-methyl/N-ethyl adjacent to an activating group) is 1. The van der Waals surface area contributed by atoms with Crippen LogP contribution in [0.2, 0.25) is 0 Å². The Labute approximate surface area is 159 Å². The van der Waals surface area contributed by atoms with Crippen LogP contribution in [0.1, 0.15) is 41.0 Å². The fourth-order valence-corrected chi connectivity index (χ4v) is 2.43. The van der Waals surface area contributed by atoms with Crippen molar-refractivity contribution in [1.29, 1.82) is 0 Å². The van der Waals surface area contributed by atoms with E-state index in [4.69, 9.17) is 0 Å². The first kappa shape index (κ1) is 22.9. The van der Waals surface area contributed by atoms with Gasteiger partial charge < -0.3 is 15.4 Å². The molecule has 0 radical (unpaired) electrons. The van der Waals surface area contributed by atoms with Gasteiger partial charge in [-0.15, -0.1) is 0 Å². The first-order valence-corrected chi connectivity index (χ1v) is 8.80. The van der Waals surface area contributed by atoms with Gasteiger partial charge >= 0.3 is 5.95 Å². The van der Waals surface area contributed by atoms with Crippen LogP contribution in [-0.4, -0.2) is 62.3 Å². The third kappa shape index (κ3) is 6.81. The first-order valence-electron chi connectivity index (χ1n) is 8.80. The largest absolute Gasteiger partial charge is 0.434 e. The van der Waals surface area contributed by atoms with Crippen LogP contribution in [0.25, 0.3) is 0 Å². The van der Waals surface area contributed by atoms with E-state index in [0.29, 0.717) is 13.1 Å². The van der Waals surface area contributed by atoms with E-state index in [-0.39, 0.29) is 30.5 Å². The Hall–Kier alpha value is -2.17. The van der Waals surface area contributed by atoms with Crippen molar-refractivity contribution < 1.29 is 14.5 Å². The lowest BCUT2D eigenvalue weighted by molar-refractivity contribution is -0.396. The Bertz CT molecular complexity index is 683. The lowest BCUT2D eigenvalue weighted by atomic mass is 9.96. The quantitative estimate of drug-likeness (QED) is 0.404. The van der Waals surface area contributed by atoms with Gasteiger partial charge in [0.1, 0.15) is 12.4 Å². The summed E-state index contributed by atoms with van der Waals surface area (Å²) in [5.41, 5.74) is 1.69. The maximum Gasteiger partial charge on any atom is 0.434 e. The molecule has 0 unspecified atom stereocenters. The van der Waals surface area contributed by atoms with E-state index >= 15 is 0 Å². The Morgan fingerprint density at radius 2 is 1.93 bits per heavy atom. The monoisotopic (exact) mass is 382 g/mol. The van der Waals surface area contributed by atoms with E-state index in [9.17, 15) is 19.7 Å². The number of hydrogen-bond donors (Lipinski definition) is 2. The molecule has 2 N–H and O–H groups in total. The molecule has 0 amide bonds. The van der Waals surface area contributed by atoms with Crippen LogP contribution in [0.5, 0.6) is 0 Å². The molecule has 1 rings (SSSR count). The summed E-state index contributed by atoms with van der Waals surface area (Å²) >= 11 is 0. The molecule has 1 heterocycles. The molecular weight excluding hydrogens is 352 g/mol. The maximum atomic E-state index is 12.5. The van der Waals surface area contributed by atoms with Crippen molar-refractivity contribution in [3.8, 4) is 0 Å². The fourth-order valence-electron chi connectivity index (χ4n) is 2.43. The molecule has 0 aliphatic rings. The predicted octanol–water partition coefficient (Wildman–Crippen LogP) is 0.923. The van der Waals surface area contributed by atoms with Crippen molar-refractivity contribution in [3.05, 3.63) is 22.5 Å². The molecule has 0 bridgehead atoms. The molecule has 0 spiro atoms. The summed E-state index contributed by atoms with van der Waals surface area (Å²) in [6, 6.07) is 0. The average molecular weight is 382 g/mol. The van der Waals surface area contributed by atoms with Gasteiger partial charge in [-0.3, -0.25) is 9.59 Å². The Morgan fingerprint density at radius 1 is 1.30 bits per heavy atom. The van der Waals surface area contributed by atoms with E-state index in [1.165, 1.54) is 23.9 Å². The molecular formula is C17H30N6O4. The van der Waals surface area contributed by atoms with Crippen molar-refractivity contribution in [2.75, 3.05) is 20.1 Å². The molecule has 27 heavy (non-hydrogen) atoms. The van der Waals surface area contributed by atoms with Gasteiger partial charge in [-0.1, -0.05) is 4.98 Å². The van der Waals surface area contributed by atoms with Gasteiger partial charge in [0.15, 0.2) is 11.6 Å². The molecule has 0 saturated carbocycles. The number of aryl methyl sites for hydroxylation is 1. The van der Waals surface area contributed by atoms with Crippen LogP contribution in [0.3, 0.4) is 0 Å². The molecule has 10 heteroatoms. The Kier molecular flexibility index (Phi) is 7.76. The zero-order valence-corrected chi connectivity index (χ0v) is 16.9. The van der Waals surface area contributed by atoms with Crippen molar-refractivity contribution in [2.24, 2.45) is 0 Å². The standard InChI is InChI=1S/C17H30N6O4/c1-13(24)16(2,3)20-21(6)11-9-19-17(4,5)14(25)7-10-22-12-8-18-15(22)23(26)27/h8,12,19-20H,7,9-11H2,1-6H3. The highest BCUT2D eigenvalue weighted by molar-refractivity contribution is 5.87. The number of nitro groups is 1. The number of carbonyl (C=O) groups excluding carboxylic acids is 2. The van der Waals surface area contributed by atoms with Crippen LogP contribution in [0.15, 0.2) is 12.4 Å². The maximum absolute atomic E-state index is 12.5. The molecule has 152 valence electrons. The number of hydrazine groups is 1. The summed E-state index contributed by atoms with van der Waals surface area (Å²) in [7, 11) is 1.83. The number of carbonyl (C=O) groups is 2. The first-order chi connectivity index (χ1) is 12.4. The summed E-state index contributed by atoms with van der Waals surface area (Å²) in [4.78, 5) is 38.0. The molecule has 1 aromatic rings. The van der Waals surface area contributed by atoms with E-state index in [1.807, 2.05) is 25.9 Å². The molecule has 0 atom stereocenters. The second-order valence-corrected chi connectivity index (χ2v) is 7.62. The van der Waals surface area contributed by atoms with Crippen molar-refractivity contribution >= 4 is 17.5 Å². The number of ketones is 2. The minimum Gasteiger partial charge on any atom is -0.390 e. The van der Waals surface area contributed by atoms with Crippen LogP contribution < -0.4 is 10.7 Å². The lowest BCUT2D eigenvalue weighted by Gasteiger charge is -2.31. The zero-order chi connectivity index (χ0) is 20.8. The van der Waals surface area contributed by atoms with Crippen LogP contribution in [0, 0.1) is 10.1 Å². The van der Waals surface area contributed by atoms with Crippen LogP contribution in [-0.2, 0) is 16.1 Å². The highest BCUT2D eigenvalue weighted by atomic mass is 16.6. The van der Waals surface area contributed by atoms with Crippen molar-refractivity contribution in [3.63, 3.8) is 0 Å². The number of rotatable bonds is 12. The fraction of sp³-hybridized carbons (Fsp3) is 0.706. The zero-order valence-electron chi connectivity index (χ0n) is 16.9. The summed E-state index contributed by atoms with van der Waals surface area (Å²) in [6.07, 6.45) is 2.99. The third-order valence-electron chi connectivity index (χ3n) is 4.50. The summed E-state index contributed by atoms with van der Waals surface area (Å²) in [5.74, 6) is -0.286. The molecule has 0 fully saturated rings. The lowest BCUT2D eigenvalue weighted by Crippen LogP contribution is -2.56. The Morgan fingerprint density at radius 3 is 2.48 bits per heavy atom. The number of imidazole rings is 1. The highest BCUT2D eigenvalue weighted by Gasteiger charge is 2.28. The average Bonchev–Trinajstić information content (AvgIpc) is 3.00. The normalized spacial score (nSPS) is 12.4. The van der Waals surface area contributed by atoms with Gasteiger partial charge in [0, 0.05) is 26.6 Å². The van der Waals surface area contributed by atoms with Gasteiger partial charge in [0.2, 0.25) is 0 Å². The minimum atomic E-state index is -0.772. The number of nitrogens with zero attached hydrogens (tertiary/aromatic N) is 4. The molecule has 10 nitrogen and oxygen atoms in total. The summed E-state index contributed by atoms with van der Waals surface area (Å²) in [5, 5.41) is 15.9. The van der Waals surface area contributed by atoms with Crippen molar-refractivity contribution in [1.82, 2.24) is 25.3 Å². The molecule has 1 aromatic heterocycles. The number of hydrogen-bond acceptors (Lipinski definition) is 8. The van der Waals surface area contributed by atoms with Gasteiger partial charge in [-0.05, 0) is 39.5 Å². The predicted molar refractivity (Wildman–Crippen MR) is 101 cm³/mol. The minimum absolute atomic E-state index is 0.0337. The molecule has 0 aliphatic carbocycles. The van der Waals surface area contributed by atoms with E-state index < -0.39 is 16.0 Å². The number of aromatic nitrogens is 2. The number of Topliss-reactive ketones (excluding diaryl/α,β-unsaturated/α-hetero) is 2. The Balaban J connectivity index is 2.47. The van der Waals surface area contributed by atoms with Gasteiger partial charge in [0.05, 0.1) is 17.6 Å². The summed E-state index contributed by atoms with van der Waals surface area (Å²) < 4.78 is 1.36. The van der Waals surface area contributed by atoms with Crippen LogP contribution >= 0.6 is 0 Å². The van der Waals surface area contributed by atoms with Gasteiger partial charge in [-0.2, -0.15) is 0 Å². The van der Waals surface area contributed by atoms with E-state index in [0.717, 1.165) is 0 Å². The van der Waals surface area contributed by atoms with Crippen LogP contribution in [0.4, 0.5) is 5.95 Å². The van der Waals surface area contributed by atoms with Crippen molar-refractivity contribution in [2.45, 2.75) is 58.7 Å². The topological polar surface area (TPSA) is 122 Å². The summed E-state index contributed by atoms with van der Waals surface area (Å²) in [6.45, 7) is 10.0. The third-order valence-corrected chi connectivity index (χ3v) is 4.50.